The smallest absolute Gasteiger partial charge is 0.312 e. The Bertz CT molecular complexity index is 561. The molecule has 2 rings (SSSR count). The lowest BCUT2D eigenvalue weighted by Crippen LogP contribution is -2.19. The van der Waals surface area contributed by atoms with Gasteiger partial charge in [0.25, 0.3) is 0 Å². The van der Waals surface area contributed by atoms with Crippen LogP contribution >= 0.6 is 0 Å². The maximum atomic E-state index is 11.5. The van der Waals surface area contributed by atoms with E-state index in [1.807, 2.05) is 54.9 Å². The van der Waals surface area contributed by atoms with Crippen LogP contribution < -0.4 is 0 Å². The van der Waals surface area contributed by atoms with Crippen LogP contribution in [-0.2, 0) is 17.8 Å². The molecule has 1 atom stereocenters. The van der Waals surface area contributed by atoms with Gasteiger partial charge in [0.05, 0.1) is 11.6 Å². The van der Waals surface area contributed by atoms with Gasteiger partial charge in [-0.05, 0) is 12.5 Å². The van der Waals surface area contributed by atoms with Crippen molar-refractivity contribution < 1.29 is 9.90 Å². The largest absolute Gasteiger partial charge is 0.481 e. The highest BCUT2D eigenvalue weighted by Gasteiger charge is 2.21. The summed E-state index contributed by atoms with van der Waals surface area (Å²) in [5.41, 5.74) is 1.75. The van der Waals surface area contributed by atoms with Gasteiger partial charge >= 0.3 is 5.97 Å². The van der Waals surface area contributed by atoms with Gasteiger partial charge in [0.1, 0.15) is 5.82 Å². The highest BCUT2D eigenvalue weighted by molar-refractivity contribution is 5.75. The predicted molar refractivity (Wildman–Crippen MR) is 73.2 cm³/mol. The molecule has 0 fully saturated rings. The Morgan fingerprint density at radius 1 is 1.37 bits per heavy atom. The Hall–Kier alpha value is -2.10. The van der Waals surface area contributed by atoms with Gasteiger partial charge in [-0.1, -0.05) is 37.3 Å². The van der Waals surface area contributed by atoms with Crippen LogP contribution in [-0.4, -0.2) is 20.6 Å². The van der Waals surface area contributed by atoms with E-state index in [1.54, 1.807) is 0 Å². The molecule has 0 bridgehead atoms. The zero-order chi connectivity index (χ0) is 13.8. The van der Waals surface area contributed by atoms with Crippen molar-refractivity contribution in [1.82, 2.24) is 9.55 Å². The number of nitrogens with zero attached hydrogens (tertiary/aromatic N) is 2. The molecule has 1 unspecified atom stereocenters. The molecule has 1 aromatic heterocycles. The molecule has 2 aromatic rings. The number of hydrogen-bond donors (Lipinski definition) is 1. The minimum atomic E-state index is -0.806. The Morgan fingerprint density at radius 3 is 2.63 bits per heavy atom. The van der Waals surface area contributed by atoms with Crippen molar-refractivity contribution in [3.05, 3.63) is 53.6 Å². The minimum Gasteiger partial charge on any atom is -0.481 e. The third-order valence-corrected chi connectivity index (χ3v) is 3.18. The van der Waals surface area contributed by atoms with Crippen LogP contribution in [0, 0.1) is 6.92 Å². The Labute approximate surface area is 112 Å². The summed E-state index contributed by atoms with van der Waals surface area (Å²) in [6, 6.07) is 9.33. The lowest BCUT2D eigenvalue weighted by atomic mass is 9.99. The molecule has 0 aliphatic heterocycles. The maximum absolute atomic E-state index is 11.5. The van der Waals surface area contributed by atoms with E-state index in [1.165, 1.54) is 0 Å². The van der Waals surface area contributed by atoms with Crippen molar-refractivity contribution in [3.63, 3.8) is 0 Å². The van der Waals surface area contributed by atoms with E-state index in [0.717, 1.165) is 23.5 Å². The normalized spacial score (nSPS) is 12.3. The molecule has 1 aromatic carbocycles. The van der Waals surface area contributed by atoms with Crippen LogP contribution in [0.2, 0.25) is 0 Å². The molecule has 100 valence electrons. The quantitative estimate of drug-likeness (QED) is 0.897. The average molecular weight is 258 g/mol. The molecule has 0 aliphatic carbocycles. The van der Waals surface area contributed by atoms with Gasteiger partial charge in [-0.25, -0.2) is 4.98 Å². The fourth-order valence-corrected chi connectivity index (χ4v) is 2.25. The monoisotopic (exact) mass is 258 g/mol. The molecular formula is C15H18N2O2. The standard InChI is InChI=1S/C15H18N2O2/c1-3-14-16-11(2)9-17(14)10-13(15(18)19)12-7-5-4-6-8-12/h4-9,13H,3,10H2,1-2H3,(H,18,19). The summed E-state index contributed by atoms with van der Waals surface area (Å²) in [6.07, 6.45) is 2.71. The molecule has 0 saturated carbocycles. The fraction of sp³-hybridized carbons (Fsp3) is 0.333. The molecule has 4 heteroatoms. The van der Waals surface area contributed by atoms with Gasteiger partial charge in [0.2, 0.25) is 0 Å². The zero-order valence-corrected chi connectivity index (χ0v) is 11.2. The van der Waals surface area contributed by atoms with Crippen LogP contribution in [0.4, 0.5) is 0 Å². The number of aromatic nitrogens is 2. The average Bonchev–Trinajstić information content (AvgIpc) is 2.76. The minimum absolute atomic E-state index is 0.420. The van der Waals surface area contributed by atoms with Gasteiger partial charge in [0, 0.05) is 19.2 Å². The Kier molecular flexibility index (Phi) is 4.00. The lowest BCUT2D eigenvalue weighted by molar-refractivity contribution is -0.139. The van der Waals surface area contributed by atoms with E-state index in [4.69, 9.17) is 0 Å². The lowest BCUT2D eigenvalue weighted by Gasteiger charge is -2.15. The van der Waals surface area contributed by atoms with Crippen molar-refractivity contribution in [2.75, 3.05) is 0 Å². The highest BCUT2D eigenvalue weighted by Crippen LogP contribution is 2.19. The van der Waals surface area contributed by atoms with Crippen molar-refractivity contribution in [2.45, 2.75) is 32.7 Å². The van der Waals surface area contributed by atoms with E-state index >= 15 is 0 Å². The molecule has 0 radical (unpaired) electrons. The molecule has 1 N–H and O–H groups in total. The Balaban J connectivity index is 2.29. The predicted octanol–water partition coefficient (Wildman–Crippen LogP) is 2.62. The Morgan fingerprint density at radius 2 is 2.05 bits per heavy atom. The van der Waals surface area contributed by atoms with E-state index < -0.39 is 11.9 Å². The maximum Gasteiger partial charge on any atom is 0.312 e. The second-order valence-corrected chi connectivity index (χ2v) is 4.61. The molecule has 0 amide bonds. The second kappa shape index (κ2) is 5.69. The third-order valence-electron chi connectivity index (χ3n) is 3.18. The number of benzene rings is 1. The van der Waals surface area contributed by atoms with Crippen LogP contribution in [0.15, 0.2) is 36.5 Å². The molecule has 0 spiro atoms. The molecule has 19 heavy (non-hydrogen) atoms. The number of aliphatic carboxylic acids is 1. The van der Waals surface area contributed by atoms with Gasteiger partial charge in [0.15, 0.2) is 0 Å². The second-order valence-electron chi connectivity index (χ2n) is 4.61. The van der Waals surface area contributed by atoms with Gasteiger partial charge in [-0.3, -0.25) is 4.79 Å². The first-order chi connectivity index (χ1) is 9.11. The van der Waals surface area contributed by atoms with E-state index in [2.05, 4.69) is 4.98 Å². The summed E-state index contributed by atoms with van der Waals surface area (Å²) in [5.74, 6) is -0.417. The summed E-state index contributed by atoms with van der Waals surface area (Å²) < 4.78 is 1.95. The number of imidazole rings is 1. The van der Waals surface area contributed by atoms with E-state index in [-0.39, 0.29) is 0 Å². The van der Waals surface area contributed by atoms with Gasteiger partial charge < -0.3 is 9.67 Å². The summed E-state index contributed by atoms with van der Waals surface area (Å²) in [5, 5.41) is 9.42. The van der Waals surface area contributed by atoms with Crippen LogP contribution in [0.5, 0.6) is 0 Å². The number of carboxylic acids is 1. The SMILES string of the molecule is CCc1nc(C)cn1CC(C(=O)O)c1ccccc1. The van der Waals surface area contributed by atoms with Crippen molar-refractivity contribution in [1.29, 1.82) is 0 Å². The molecule has 0 saturated heterocycles. The number of rotatable bonds is 5. The van der Waals surface area contributed by atoms with Crippen molar-refractivity contribution in [2.24, 2.45) is 0 Å². The molecule has 4 nitrogen and oxygen atoms in total. The fourth-order valence-electron chi connectivity index (χ4n) is 2.25. The number of carbonyl (C=O) groups is 1. The summed E-state index contributed by atoms with van der Waals surface area (Å²) in [4.78, 5) is 15.9. The van der Waals surface area contributed by atoms with Crippen LogP contribution in [0.1, 0.15) is 29.9 Å². The van der Waals surface area contributed by atoms with Gasteiger partial charge in [-0.15, -0.1) is 0 Å². The molecule has 0 aliphatic rings. The highest BCUT2D eigenvalue weighted by atomic mass is 16.4. The number of carboxylic acid groups (broad SMARTS) is 1. The summed E-state index contributed by atoms with van der Waals surface area (Å²) in [7, 11) is 0. The first-order valence-electron chi connectivity index (χ1n) is 6.42. The van der Waals surface area contributed by atoms with E-state index in [0.29, 0.717) is 6.54 Å². The molecule has 1 heterocycles. The number of aryl methyl sites for hydroxylation is 2. The van der Waals surface area contributed by atoms with Crippen LogP contribution in [0.25, 0.3) is 0 Å². The first kappa shape index (κ1) is 13.3. The topological polar surface area (TPSA) is 55.1 Å². The summed E-state index contributed by atoms with van der Waals surface area (Å²) in [6.45, 7) is 4.37. The third kappa shape index (κ3) is 3.02. The van der Waals surface area contributed by atoms with E-state index in [9.17, 15) is 9.90 Å². The molecular weight excluding hydrogens is 240 g/mol. The van der Waals surface area contributed by atoms with Crippen LogP contribution in [0.3, 0.4) is 0 Å². The summed E-state index contributed by atoms with van der Waals surface area (Å²) >= 11 is 0. The van der Waals surface area contributed by atoms with Gasteiger partial charge in [-0.2, -0.15) is 0 Å². The van der Waals surface area contributed by atoms with Crippen molar-refractivity contribution >= 4 is 5.97 Å². The first-order valence-corrected chi connectivity index (χ1v) is 6.42. The van der Waals surface area contributed by atoms with Crippen molar-refractivity contribution in [3.8, 4) is 0 Å². The zero-order valence-electron chi connectivity index (χ0n) is 11.2. The number of hydrogen-bond acceptors (Lipinski definition) is 2.